The first kappa shape index (κ1) is 21.4. The lowest BCUT2D eigenvalue weighted by molar-refractivity contribution is 0.273. The predicted molar refractivity (Wildman–Crippen MR) is 124 cm³/mol. The van der Waals surface area contributed by atoms with Gasteiger partial charge in [0.25, 0.3) is 0 Å². The van der Waals surface area contributed by atoms with Crippen LogP contribution in [0.15, 0.2) is 59.1 Å². The van der Waals surface area contributed by atoms with Crippen LogP contribution in [0, 0.1) is 11.8 Å². The molecule has 2 nitrogen and oxygen atoms in total. The van der Waals surface area contributed by atoms with Crippen LogP contribution in [0.5, 0.6) is 5.75 Å². The zero-order valence-corrected chi connectivity index (χ0v) is 18.5. The summed E-state index contributed by atoms with van der Waals surface area (Å²) in [6.07, 6.45) is 5.01. The Labute approximate surface area is 182 Å². The highest BCUT2D eigenvalue weighted by Crippen LogP contribution is 2.22. The van der Waals surface area contributed by atoms with Crippen molar-refractivity contribution in [2.24, 2.45) is 0 Å². The van der Waals surface area contributed by atoms with E-state index in [4.69, 9.17) is 9.84 Å². The van der Waals surface area contributed by atoms with Gasteiger partial charge in [-0.15, -0.1) is 0 Å². The molecule has 3 rings (SSSR count). The predicted octanol–water partition coefficient (Wildman–Crippen LogP) is 6.50. The molecule has 1 N–H and O–H groups in total. The third-order valence-electron chi connectivity index (χ3n) is 4.92. The number of aryl methyl sites for hydroxylation is 1. The summed E-state index contributed by atoms with van der Waals surface area (Å²) in [6.45, 7) is 3.14. The zero-order chi connectivity index (χ0) is 20.5. The lowest BCUT2D eigenvalue weighted by Crippen LogP contribution is -1.97. The van der Waals surface area contributed by atoms with Crippen LogP contribution >= 0.6 is 15.9 Å². The van der Waals surface area contributed by atoms with Crippen molar-refractivity contribution >= 4 is 26.7 Å². The van der Waals surface area contributed by atoms with E-state index in [-0.39, 0.29) is 6.61 Å². The highest BCUT2D eigenvalue weighted by molar-refractivity contribution is 9.10. The number of aliphatic hydroxyl groups excluding tert-OH is 1. The van der Waals surface area contributed by atoms with Crippen LogP contribution in [0.2, 0.25) is 0 Å². The maximum Gasteiger partial charge on any atom is 0.119 e. The van der Waals surface area contributed by atoms with Gasteiger partial charge < -0.3 is 9.84 Å². The van der Waals surface area contributed by atoms with Crippen molar-refractivity contribution < 1.29 is 9.84 Å². The monoisotopic (exact) mass is 450 g/mol. The molecule has 0 saturated heterocycles. The Morgan fingerprint density at radius 2 is 1.66 bits per heavy atom. The van der Waals surface area contributed by atoms with Crippen molar-refractivity contribution in [3.8, 4) is 17.6 Å². The fraction of sp³-hybridized carbons (Fsp3) is 0.308. The molecule has 0 bridgehead atoms. The number of hydrogen-bond acceptors (Lipinski definition) is 2. The molecule has 0 aromatic heterocycles. The summed E-state index contributed by atoms with van der Waals surface area (Å²) < 4.78 is 6.96. The molecular weight excluding hydrogens is 424 g/mol. The summed E-state index contributed by atoms with van der Waals surface area (Å²) in [4.78, 5) is 0. The van der Waals surface area contributed by atoms with Gasteiger partial charge in [0.15, 0.2) is 0 Å². The highest BCUT2D eigenvalue weighted by Gasteiger charge is 2.01. The van der Waals surface area contributed by atoms with Crippen molar-refractivity contribution in [3.63, 3.8) is 0 Å². The van der Waals surface area contributed by atoms with E-state index in [1.807, 2.05) is 12.1 Å². The van der Waals surface area contributed by atoms with Gasteiger partial charge >= 0.3 is 0 Å². The molecule has 3 heteroatoms. The summed E-state index contributed by atoms with van der Waals surface area (Å²) in [5, 5.41) is 11.1. The smallest absolute Gasteiger partial charge is 0.119 e. The quantitative estimate of drug-likeness (QED) is 0.313. The minimum Gasteiger partial charge on any atom is -0.494 e. The summed E-state index contributed by atoms with van der Waals surface area (Å²) in [7, 11) is 0. The molecule has 0 fully saturated rings. The minimum atomic E-state index is 0.279. The van der Waals surface area contributed by atoms with E-state index in [0.717, 1.165) is 58.8 Å². The molecule has 0 radical (unpaired) electrons. The first-order valence-corrected chi connectivity index (χ1v) is 11.1. The maximum atomic E-state index is 8.80. The van der Waals surface area contributed by atoms with Gasteiger partial charge in [-0.25, -0.2) is 0 Å². The van der Waals surface area contributed by atoms with Gasteiger partial charge in [0.2, 0.25) is 0 Å². The summed E-state index contributed by atoms with van der Waals surface area (Å²) in [6, 6.07) is 18.8. The van der Waals surface area contributed by atoms with Gasteiger partial charge in [0, 0.05) is 22.2 Å². The Balaban J connectivity index is 1.67. The van der Waals surface area contributed by atoms with Crippen molar-refractivity contribution in [2.45, 2.75) is 39.0 Å². The molecule has 0 spiro atoms. The molecule has 0 saturated carbocycles. The largest absolute Gasteiger partial charge is 0.494 e. The van der Waals surface area contributed by atoms with Crippen LogP contribution in [0.3, 0.4) is 0 Å². The van der Waals surface area contributed by atoms with Gasteiger partial charge in [-0.05, 0) is 84.5 Å². The standard InChI is InChI=1S/C26H27BrO2/c1-2-21-18-25(27)13-11-22(21)9-7-20-8-10-24-19-26(14-12-23(24)17-20)29-16-6-4-3-5-15-28/h8,10-14,17-19,28H,2-6,15-16H2,1H3. The number of ether oxygens (including phenoxy) is 1. The Kier molecular flexibility index (Phi) is 8.16. The molecule has 0 amide bonds. The van der Waals surface area contributed by atoms with Crippen LogP contribution in [0.1, 0.15) is 49.3 Å². The number of fused-ring (bicyclic) bond motifs is 1. The van der Waals surface area contributed by atoms with E-state index in [2.05, 4.69) is 77.2 Å². The average Bonchev–Trinajstić information content (AvgIpc) is 2.75. The van der Waals surface area contributed by atoms with Crippen LogP contribution in [0.4, 0.5) is 0 Å². The van der Waals surface area contributed by atoms with Gasteiger partial charge in [-0.3, -0.25) is 0 Å². The van der Waals surface area contributed by atoms with Crippen molar-refractivity contribution in [1.29, 1.82) is 0 Å². The number of hydrogen-bond donors (Lipinski definition) is 1. The fourth-order valence-electron chi connectivity index (χ4n) is 3.27. The third kappa shape index (κ3) is 6.35. The molecule has 3 aromatic carbocycles. The van der Waals surface area contributed by atoms with Gasteiger partial charge in [0.05, 0.1) is 6.61 Å². The first-order valence-electron chi connectivity index (χ1n) is 10.3. The topological polar surface area (TPSA) is 29.5 Å². The van der Waals surface area contributed by atoms with E-state index in [1.165, 1.54) is 10.9 Å². The zero-order valence-electron chi connectivity index (χ0n) is 16.9. The van der Waals surface area contributed by atoms with E-state index in [9.17, 15) is 0 Å². The minimum absolute atomic E-state index is 0.279. The highest BCUT2D eigenvalue weighted by atomic mass is 79.9. The fourth-order valence-corrected chi connectivity index (χ4v) is 3.67. The van der Waals surface area contributed by atoms with E-state index in [1.54, 1.807) is 0 Å². The number of benzene rings is 3. The molecule has 29 heavy (non-hydrogen) atoms. The summed E-state index contributed by atoms with van der Waals surface area (Å²) >= 11 is 3.53. The average molecular weight is 451 g/mol. The molecule has 3 aromatic rings. The van der Waals surface area contributed by atoms with Gasteiger partial charge in [-0.1, -0.05) is 53.2 Å². The Morgan fingerprint density at radius 3 is 2.48 bits per heavy atom. The molecule has 0 heterocycles. The van der Waals surface area contributed by atoms with Crippen molar-refractivity contribution in [1.82, 2.24) is 0 Å². The Bertz CT molecular complexity index is 1010. The molecule has 150 valence electrons. The molecule has 0 unspecified atom stereocenters. The molecule has 0 aliphatic heterocycles. The number of rotatable bonds is 8. The SMILES string of the molecule is CCc1cc(Br)ccc1C#Cc1ccc2cc(OCCCCCCO)ccc2c1. The second-order valence-corrected chi connectivity index (χ2v) is 8.03. The lowest BCUT2D eigenvalue weighted by Gasteiger charge is -2.07. The van der Waals surface area contributed by atoms with E-state index >= 15 is 0 Å². The van der Waals surface area contributed by atoms with Crippen LogP contribution in [-0.4, -0.2) is 18.3 Å². The van der Waals surface area contributed by atoms with Gasteiger partial charge in [-0.2, -0.15) is 0 Å². The number of halogens is 1. The van der Waals surface area contributed by atoms with E-state index < -0.39 is 0 Å². The van der Waals surface area contributed by atoms with Crippen LogP contribution in [0.25, 0.3) is 10.8 Å². The Hall–Kier alpha value is -2.28. The van der Waals surface area contributed by atoms with Crippen LogP contribution < -0.4 is 4.74 Å². The maximum absolute atomic E-state index is 8.80. The molecule has 0 atom stereocenters. The lowest BCUT2D eigenvalue weighted by atomic mass is 10.0. The Morgan fingerprint density at radius 1 is 0.862 bits per heavy atom. The third-order valence-corrected chi connectivity index (χ3v) is 5.42. The van der Waals surface area contributed by atoms with Crippen molar-refractivity contribution in [3.05, 3.63) is 75.8 Å². The second-order valence-electron chi connectivity index (χ2n) is 7.12. The number of unbranched alkanes of at least 4 members (excludes halogenated alkanes) is 3. The summed E-state index contributed by atoms with van der Waals surface area (Å²) in [5.74, 6) is 7.53. The second kappa shape index (κ2) is 11.0. The molecular formula is C26H27BrO2. The number of aliphatic hydroxyl groups is 1. The first-order chi connectivity index (χ1) is 14.2. The molecule has 0 aliphatic rings. The van der Waals surface area contributed by atoms with E-state index in [0.29, 0.717) is 6.61 Å². The summed E-state index contributed by atoms with van der Waals surface area (Å²) in [5.41, 5.74) is 3.35. The van der Waals surface area contributed by atoms with Crippen molar-refractivity contribution in [2.75, 3.05) is 13.2 Å². The van der Waals surface area contributed by atoms with Crippen LogP contribution in [-0.2, 0) is 6.42 Å². The molecule has 0 aliphatic carbocycles. The van der Waals surface area contributed by atoms with Gasteiger partial charge in [0.1, 0.15) is 5.75 Å². The normalized spacial score (nSPS) is 10.6.